The fourth-order valence-corrected chi connectivity index (χ4v) is 0. The van der Waals surface area contributed by atoms with E-state index in [0.29, 0.717) is 0 Å². The van der Waals surface area contributed by atoms with Gasteiger partial charge in [-0.15, -0.1) is 10.1 Å². The summed E-state index contributed by atoms with van der Waals surface area (Å²) in [6.07, 6.45) is 0. The van der Waals surface area contributed by atoms with Crippen LogP contribution in [0.4, 0.5) is 0 Å². The molecule has 0 unspecified atom stereocenters. The molecule has 0 saturated carbocycles. The molecule has 0 atom stereocenters. The summed E-state index contributed by atoms with van der Waals surface area (Å²) >= 11 is 0. The van der Waals surface area contributed by atoms with Crippen molar-refractivity contribution in [1.82, 2.24) is 0 Å². The van der Waals surface area contributed by atoms with Crippen molar-refractivity contribution < 1.29 is 61.2 Å². The third-order valence-electron chi connectivity index (χ3n) is 0. The Morgan fingerprint density at radius 1 is 0.588 bits per heavy atom. The van der Waals surface area contributed by atoms with E-state index < -0.39 is 20.3 Å². The third-order valence-corrected chi connectivity index (χ3v) is 0. The van der Waals surface area contributed by atoms with Crippen LogP contribution in [0.15, 0.2) is 0 Å². The molecule has 0 heterocycles. The van der Waals surface area contributed by atoms with E-state index >= 15 is 0 Å². The van der Waals surface area contributed by atoms with Crippen LogP contribution in [0, 0.1) is 91.7 Å². The Bertz CT molecular complexity index is 159. The molecular formula is HLaN4O12. The van der Waals surface area contributed by atoms with E-state index in [1.807, 2.05) is 0 Å². The van der Waals surface area contributed by atoms with Crippen LogP contribution >= 0.6 is 0 Å². The molecule has 0 aliphatic rings. The van der Waals surface area contributed by atoms with E-state index in [1.165, 1.54) is 0 Å². The van der Waals surface area contributed by atoms with Crippen LogP contribution in [0.2, 0.25) is 0 Å². The fourth-order valence-electron chi connectivity index (χ4n) is 0. The topological polar surface area (TPSA) is 262 Å². The molecule has 0 amide bonds. The molecule has 0 aliphatic carbocycles. The van der Waals surface area contributed by atoms with Gasteiger partial charge in [0.15, 0.2) is 0 Å². The molecule has 0 radical (unpaired) electrons. The number of hydrogen-bond donors (Lipinski definition) is 1. The fraction of sp³-hybridized carbons (Fsp3) is 0. The van der Waals surface area contributed by atoms with Gasteiger partial charge in [-0.2, -0.15) is 0 Å². The van der Waals surface area contributed by atoms with Gasteiger partial charge in [0, 0.05) is 0 Å². The molecule has 96 valence electrons. The van der Waals surface area contributed by atoms with Crippen molar-refractivity contribution in [2.75, 3.05) is 0 Å². The van der Waals surface area contributed by atoms with E-state index in [4.69, 9.17) is 61.3 Å². The molecule has 16 nitrogen and oxygen atoms in total. The van der Waals surface area contributed by atoms with E-state index in [9.17, 15) is 0 Å². The normalized spacial score (nSPS) is 5.65. The Morgan fingerprint density at radius 2 is 0.588 bits per heavy atom. The van der Waals surface area contributed by atoms with Crippen LogP contribution in [0.5, 0.6) is 0 Å². The Labute approximate surface area is 117 Å². The van der Waals surface area contributed by atoms with Crippen molar-refractivity contribution >= 4 is 0 Å². The quantitative estimate of drug-likeness (QED) is 0.384. The van der Waals surface area contributed by atoms with Crippen LogP contribution < -0.4 is 0 Å². The minimum absolute atomic E-state index is 0. The zero-order valence-electron chi connectivity index (χ0n) is 7.30. The minimum atomic E-state index is -1.75. The monoisotopic (exact) mass is 388 g/mol. The first-order chi connectivity index (χ1) is 6.93. The van der Waals surface area contributed by atoms with Crippen LogP contribution in [0.3, 0.4) is 0 Å². The van der Waals surface area contributed by atoms with E-state index in [0.717, 1.165) is 0 Å². The number of rotatable bonds is 0. The first-order valence-electron chi connectivity index (χ1n) is 2.21. The summed E-state index contributed by atoms with van der Waals surface area (Å²) < 4.78 is 0. The summed E-state index contributed by atoms with van der Waals surface area (Å²) in [5, 5.41) is 57.9. The van der Waals surface area contributed by atoms with Crippen molar-refractivity contribution in [1.29, 1.82) is 0 Å². The summed E-state index contributed by atoms with van der Waals surface area (Å²) in [5.74, 6) is 0. The zero-order chi connectivity index (χ0) is 14.3. The molecule has 0 fully saturated rings. The minimum Gasteiger partial charge on any atom is -0.356 e. The molecule has 0 saturated heterocycles. The summed E-state index contributed by atoms with van der Waals surface area (Å²) in [5.41, 5.74) is 0. The van der Waals surface area contributed by atoms with Crippen molar-refractivity contribution in [3.8, 4) is 0 Å². The molecule has 0 bridgehead atoms. The molecule has 0 aliphatic heterocycles. The molecule has 0 rings (SSSR count). The first-order valence-corrected chi connectivity index (χ1v) is 2.21. The molecular weight excluding hydrogens is 387 g/mol. The van der Waals surface area contributed by atoms with E-state index in [2.05, 4.69) is 0 Å². The summed E-state index contributed by atoms with van der Waals surface area (Å²) in [4.78, 5) is 33.1. The van der Waals surface area contributed by atoms with Gasteiger partial charge in [-0.1, -0.05) is 0 Å². The van der Waals surface area contributed by atoms with Crippen molar-refractivity contribution in [2.45, 2.75) is 0 Å². The van der Waals surface area contributed by atoms with Gasteiger partial charge in [0.25, 0.3) is 5.09 Å². The molecule has 17 heavy (non-hydrogen) atoms. The average Bonchev–Trinajstić information content (AvgIpc) is 1.76. The smallest absolute Gasteiger partial charge is 0.356 e. The maximum absolute atomic E-state index is 8.36. The molecule has 17 heteroatoms. The van der Waals surface area contributed by atoms with E-state index in [1.54, 1.807) is 0 Å². The summed E-state index contributed by atoms with van der Waals surface area (Å²) in [6.45, 7) is 0. The standard InChI is InChI=1S/La.HNO3.3NO3/c;4*2-1(3)4/h;(H,2,3,4);;;/q+3;;3*-1. The second-order valence-electron chi connectivity index (χ2n) is 0.909. The number of nitrogens with zero attached hydrogens (tertiary/aromatic N) is 4. The average molecular weight is 388 g/mol. The van der Waals surface area contributed by atoms with Gasteiger partial charge < -0.3 is 51.2 Å². The van der Waals surface area contributed by atoms with Crippen molar-refractivity contribution in [3.05, 3.63) is 56.1 Å². The second-order valence-corrected chi connectivity index (χ2v) is 0.909. The molecule has 0 spiro atoms. The maximum atomic E-state index is 8.36. The van der Waals surface area contributed by atoms with Gasteiger partial charge in [-0.25, -0.2) is 0 Å². The van der Waals surface area contributed by atoms with Gasteiger partial charge in [-0.05, 0) is 0 Å². The number of hydrogen-bond acceptors (Lipinski definition) is 11. The second kappa shape index (κ2) is 23.7. The van der Waals surface area contributed by atoms with Crippen LogP contribution in [-0.4, -0.2) is 25.6 Å². The van der Waals surface area contributed by atoms with E-state index in [-0.39, 0.29) is 35.6 Å². The van der Waals surface area contributed by atoms with Crippen molar-refractivity contribution in [3.63, 3.8) is 0 Å². The Hall–Kier alpha value is -2.01. The zero-order valence-corrected chi connectivity index (χ0v) is 10.9. The summed E-state index contributed by atoms with van der Waals surface area (Å²) in [7, 11) is 0. The molecule has 0 aromatic carbocycles. The van der Waals surface area contributed by atoms with Crippen LogP contribution in [0.1, 0.15) is 0 Å². The van der Waals surface area contributed by atoms with Crippen LogP contribution in [-0.2, 0) is 0 Å². The predicted octanol–water partition coefficient (Wildman–Crippen LogP) is -1.06. The summed E-state index contributed by atoms with van der Waals surface area (Å²) in [6, 6.07) is 0. The molecule has 1 N–H and O–H groups in total. The van der Waals surface area contributed by atoms with Gasteiger partial charge >= 0.3 is 35.6 Å². The Balaban J connectivity index is -0.0000000369. The van der Waals surface area contributed by atoms with Crippen molar-refractivity contribution in [2.24, 2.45) is 0 Å². The van der Waals surface area contributed by atoms with Gasteiger partial charge in [0.05, 0.1) is 15.3 Å². The SMILES string of the molecule is O=[N+]([O-])O.O=[N+]([O-])[O-].O=[N+]([O-])[O-].O=[N+]([O-])[O-].[La+3]. The first kappa shape index (κ1) is 29.4. The van der Waals surface area contributed by atoms with Gasteiger partial charge in [0.1, 0.15) is 0 Å². The Kier molecular flexibility index (Phi) is 40.9. The molecule has 0 aromatic heterocycles. The third kappa shape index (κ3) is 501. The van der Waals surface area contributed by atoms with Crippen LogP contribution in [0.25, 0.3) is 0 Å². The van der Waals surface area contributed by atoms with Gasteiger partial charge in [-0.3, -0.25) is 0 Å². The Morgan fingerprint density at radius 3 is 0.588 bits per heavy atom. The predicted molar refractivity (Wildman–Crippen MR) is 39.9 cm³/mol. The maximum Gasteiger partial charge on any atom is 3.00 e. The molecule has 0 aromatic rings. The largest absolute Gasteiger partial charge is 3.00 e. The van der Waals surface area contributed by atoms with Gasteiger partial charge in [0.2, 0.25) is 0 Å².